The summed E-state index contributed by atoms with van der Waals surface area (Å²) in [6.45, 7) is 4.07. The predicted molar refractivity (Wildman–Crippen MR) is 160 cm³/mol. The molecule has 4 aromatic rings. The zero-order chi connectivity index (χ0) is 31.0. The average Bonchev–Trinajstić information content (AvgIpc) is 3.73. The van der Waals surface area contributed by atoms with Crippen molar-refractivity contribution in [3.63, 3.8) is 0 Å². The molecule has 2 N–H and O–H groups in total. The van der Waals surface area contributed by atoms with Gasteiger partial charge in [0.2, 0.25) is 11.8 Å². The topological polar surface area (TPSA) is 58.2 Å². The Morgan fingerprint density at radius 1 is 0.628 bits per heavy atom. The molecule has 228 valence electrons. The number of rotatable bonds is 10. The molecule has 0 radical (unpaired) electrons. The van der Waals surface area contributed by atoms with Crippen LogP contribution in [-0.2, 0) is 31.3 Å². The van der Waals surface area contributed by atoms with Crippen LogP contribution in [0.15, 0.2) is 84.9 Å². The van der Waals surface area contributed by atoms with Gasteiger partial charge in [-0.1, -0.05) is 39.5 Å². The number of hydrogen-bond donors (Lipinski definition) is 2. The first-order valence-electron chi connectivity index (χ1n) is 13.9. The standard InChI is InChI=1S/2C12H14F2NO.2C5H5.Ti/c2*1-2-3-4-5-12(16)15-11-7-6-9(13)8-10(11)14;2*1-2-4-5-3-1;/h2*6-7H,2-5H2,1H3,(H,15,16);2*1-5H;/q4*-1;+4. The number of carbonyl (C=O) groups excluding carboxylic acids is 2. The van der Waals surface area contributed by atoms with Crippen molar-refractivity contribution in [1.29, 1.82) is 0 Å². The van der Waals surface area contributed by atoms with Gasteiger partial charge in [0, 0.05) is 36.1 Å². The second-order valence-electron chi connectivity index (χ2n) is 9.00. The van der Waals surface area contributed by atoms with Crippen LogP contribution in [-0.4, -0.2) is 11.8 Å². The third kappa shape index (κ3) is 20.1. The maximum atomic E-state index is 13.1. The second kappa shape index (κ2) is 25.1. The predicted octanol–water partition coefficient (Wildman–Crippen LogP) is 9.38. The number of halogens is 4. The van der Waals surface area contributed by atoms with E-state index in [0.717, 1.165) is 50.7 Å². The fourth-order valence-corrected chi connectivity index (χ4v) is 3.22. The van der Waals surface area contributed by atoms with E-state index in [2.05, 4.69) is 10.6 Å². The van der Waals surface area contributed by atoms with Crippen molar-refractivity contribution in [2.24, 2.45) is 0 Å². The minimum absolute atomic E-state index is 0. The van der Waals surface area contributed by atoms with Crippen molar-refractivity contribution in [3.8, 4) is 0 Å². The van der Waals surface area contributed by atoms with E-state index in [-0.39, 0.29) is 44.9 Å². The molecule has 4 nitrogen and oxygen atoms in total. The van der Waals surface area contributed by atoms with Crippen molar-refractivity contribution in [1.82, 2.24) is 0 Å². The molecule has 43 heavy (non-hydrogen) atoms. The molecule has 2 amide bonds. The molecule has 4 aromatic carbocycles. The van der Waals surface area contributed by atoms with Gasteiger partial charge >= 0.3 is 21.7 Å². The van der Waals surface area contributed by atoms with Gasteiger partial charge in [0.1, 0.15) is 0 Å². The summed E-state index contributed by atoms with van der Waals surface area (Å²) in [5, 5.41) is 4.77. The molecule has 0 aliphatic carbocycles. The van der Waals surface area contributed by atoms with Crippen molar-refractivity contribution < 1.29 is 48.9 Å². The minimum Gasteiger partial charge on any atom is -0.377 e. The summed E-state index contributed by atoms with van der Waals surface area (Å²) in [6.07, 6.45) is 6.22. The summed E-state index contributed by atoms with van der Waals surface area (Å²) in [5.41, 5.74) is -0.0502. The number of nitrogens with one attached hydrogen (secondary N) is 2. The number of benzene rings is 2. The molecule has 0 aromatic heterocycles. The van der Waals surface area contributed by atoms with Crippen molar-refractivity contribution in [2.45, 2.75) is 65.2 Å². The molecule has 0 atom stereocenters. The summed E-state index contributed by atoms with van der Waals surface area (Å²) < 4.78 is 51.2. The fraction of sp³-hybridized carbons (Fsp3) is 0.294. The Hall–Kier alpha value is -3.49. The normalized spacial score (nSPS) is 9.44. The van der Waals surface area contributed by atoms with Gasteiger partial charge in [-0.25, -0.2) is 41.8 Å². The van der Waals surface area contributed by atoms with Crippen molar-refractivity contribution >= 4 is 23.2 Å². The van der Waals surface area contributed by atoms with Gasteiger partial charge in [0.05, 0.1) is 0 Å². The van der Waals surface area contributed by atoms with Gasteiger partial charge in [-0.15, -0.1) is 36.4 Å². The summed E-state index contributed by atoms with van der Waals surface area (Å²) in [5.74, 6) is -3.81. The average molecular weight is 631 g/mol. The minimum atomic E-state index is -0.871. The molecular formula is C34H38F4N2O2Ti. The van der Waals surface area contributed by atoms with E-state index in [1.807, 2.05) is 86.6 Å². The zero-order valence-electron chi connectivity index (χ0n) is 24.6. The van der Waals surface area contributed by atoms with E-state index >= 15 is 0 Å². The second-order valence-corrected chi connectivity index (χ2v) is 9.00. The van der Waals surface area contributed by atoms with Gasteiger partial charge in [-0.2, -0.15) is 36.4 Å². The van der Waals surface area contributed by atoms with Crippen LogP contribution >= 0.6 is 0 Å². The molecule has 0 aliphatic heterocycles. The molecule has 0 saturated carbocycles. The summed E-state index contributed by atoms with van der Waals surface area (Å²) in [6, 6.07) is 28.2. The monoisotopic (exact) mass is 630 g/mol. The van der Waals surface area contributed by atoms with E-state index < -0.39 is 23.3 Å². The Bertz CT molecular complexity index is 1120. The van der Waals surface area contributed by atoms with Gasteiger partial charge in [-0.05, 0) is 24.2 Å². The van der Waals surface area contributed by atoms with E-state index in [4.69, 9.17) is 0 Å². The molecule has 0 aliphatic rings. The first-order chi connectivity index (χ1) is 20.3. The number of unbranched alkanes of at least 4 members (excludes halogenated alkanes) is 4. The van der Waals surface area contributed by atoms with Crippen molar-refractivity contribution in [3.05, 3.63) is 120 Å². The molecule has 4 rings (SSSR count). The fourth-order valence-electron chi connectivity index (χ4n) is 3.22. The molecule has 0 spiro atoms. The first kappa shape index (κ1) is 39.5. The summed E-state index contributed by atoms with van der Waals surface area (Å²) in [4.78, 5) is 22.7. The van der Waals surface area contributed by atoms with Crippen LogP contribution in [0.4, 0.5) is 28.9 Å². The van der Waals surface area contributed by atoms with Crippen LogP contribution in [0.1, 0.15) is 65.2 Å². The zero-order valence-corrected chi connectivity index (χ0v) is 26.1. The maximum Gasteiger partial charge on any atom is 4.00 e. The van der Waals surface area contributed by atoms with Gasteiger partial charge in [0.15, 0.2) is 0 Å². The molecule has 0 saturated heterocycles. The van der Waals surface area contributed by atoms with Crippen LogP contribution in [0, 0.1) is 35.4 Å². The van der Waals surface area contributed by atoms with Gasteiger partial charge in [-0.3, -0.25) is 9.59 Å². The van der Waals surface area contributed by atoms with Crippen LogP contribution in [0.3, 0.4) is 0 Å². The van der Waals surface area contributed by atoms with Crippen LogP contribution in [0.5, 0.6) is 0 Å². The molecule has 0 heterocycles. The van der Waals surface area contributed by atoms with E-state index in [1.54, 1.807) is 0 Å². The number of hydrogen-bond acceptors (Lipinski definition) is 2. The summed E-state index contributed by atoms with van der Waals surface area (Å²) in [7, 11) is 0. The van der Waals surface area contributed by atoms with Crippen molar-refractivity contribution in [2.75, 3.05) is 10.6 Å². The van der Waals surface area contributed by atoms with Crippen LogP contribution in [0.2, 0.25) is 0 Å². The largest absolute Gasteiger partial charge is 4.00 e. The summed E-state index contributed by atoms with van der Waals surface area (Å²) >= 11 is 0. The van der Waals surface area contributed by atoms with Gasteiger partial charge < -0.3 is 10.6 Å². The Balaban J connectivity index is 0.000000608. The van der Waals surface area contributed by atoms with E-state index in [9.17, 15) is 27.2 Å². The Kier molecular flexibility index (Phi) is 23.0. The Morgan fingerprint density at radius 2 is 0.977 bits per heavy atom. The third-order valence-corrected chi connectivity index (χ3v) is 5.40. The quantitative estimate of drug-likeness (QED) is 0.0794. The molecular weight excluding hydrogens is 592 g/mol. The molecule has 0 fully saturated rings. The molecule has 9 heteroatoms. The number of amides is 2. The maximum absolute atomic E-state index is 13.1. The van der Waals surface area contributed by atoms with Gasteiger partial charge in [0.25, 0.3) is 0 Å². The first-order valence-corrected chi connectivity index (χ1v) is 13.9. The number of carbonyl (C=O) groups is 2. The van der Waals surface area contributed by atoms with Crippen LogP contribution < -0.4 is 10.6 Å². The third-order valence-electron chi connectivity index (χ3n) is 5.40. The number of anilines is 2. The van der Waals surface area contributed by atoms with E-state index in [0.29, 0.717) is 12.8 Å². The van der Waals surface area contributed by atoms with Crippen LogP contribution in [0.25, 0.3) is 0 Å². The Labute approximate surface area is 267 Å². The van der Waals surface area contributed by atoms with E-state index in [1.165, 1.54) is 12.1 Å². The molecule has 0 bridgehead atoms. The Morgan fingerprint density at radius 3 is 1.23 bits per heavy atom. The smallest absolute Gasteiger partial charge is 0.377 e. The molecule has 0 unspecified atom stereocenters. The SMILES string of the molecule is CCCCCC(=O)Nc1ccc(F)[c-]c1F.CCCCCC(=O)Nc1ccc(F)[c-]c1F.[Ti+4].c1cc[cH-]c1.c1cc[cH-]c1.